The van der Waals surface area contributed by atoms with E-state index in [1.807, 2.05) is 35.7 Å². The van der Waals surface area contributed by atoms with E-state index in [1.165, 1.54) is 11.3 Å². The minimum Gasteiger partial charge on any atom is -0.347 e. The molecule has 0 bridgehead atoms. The number of amides is 1. The van der Waals surface area contributed by atoms with Gasteiger partial charge in [0.1, 0.15) is 10.7 Å². The number of carbonyl (C=O) groups is 1. The van der Waals surface area contributed by atoms with Crippen LogP contribution in [0.15, 0.2) is 35.7 Å². The van der Waals surface area contributed by atoms with E-state index in [0.29, 0.717) is 5.69 Å². The molecule has 4 nitrogen and oxygen atoms in total. The van der Waals surface area contributed by atoms with Gasteiger partial charge in [-0.15, -0.1) is 11.3 Å². The van der Waals surface area contributed by atoms with Crippen molar-refractivity contribution in [2.24, 2.45) is 0 Å². The summed E-state index contributed by atoms with van der Waals surface area (Å²) in [6.45, 7) is 1.89. The molecular formula is C15H17N3OS. The highest BCUT2D eigenvalue weighted by Gasteiger charge is 2.18. The first-order chi connectivity index (χ1) is 9.83. The highest BCUT2D eigenvalue weighted by molar-refractivity contribution is 7.13. The lowest BCUT2D eigenvalue weighted by atomic mass is 10.1. The van der Waals surface area contributed by atoms with Crippen LogP contribution in [0.25, 0.3) is 10.6 Å². The van der Waals surface area contributed by atoms with E-state index < -0.39 is 0 Å². The zero-order chi connectivity index (χ0) is 13.8. The van der Waals surface area contributed by atoms with Gasteiger partial charge in [-0.3, -0.25) is 4.79 Å². The Morgan fingerprint density at radius 1 is 1.35 bits per heavy atom. The molecule has 1 saturated heterocycles. The molecule has 1 aromatic carbocycles. The number of hydrogen-bond donors (Lipinski definition) is 2. The third kappa shape index (κ3) is 3.05. The second kappa shape index (κ2) is 6.15. The Bertz CT molecular complexity index is 576. The maximum absolute atomic E-state index is 12.2. The Morgan fingerprint density at radius 3 is 2.95 bits per heavy atom. The molecule has 2 heterocycles. The van der Waals surface area contributed by atoms with E-state index in [4.69, 9.17) is 0 Å². The molecule has 1 amide bonds. The summed E-state index contributed by atoms with van der Waals surface area (Å²) in [5, 5.41) is 9.05. The van der Waals surface area contributed by atoms with E-state index in [0.717, 1.165) is 36.5 Å². The van der Waals surface area contributed by atoms with Crippen molar-refractivity contribution in [2.45, 2.75) is 18.9 Å². The summed E-state index contributed by atoms with van der Waals surface area (Å²) >= 11 is 1.51. The average Bonchev–Trinajstić information content (AvgIpc) is 2.99. The van der Waals surface area contributed by atoms with Crippen molar-refractivity contribution in [1.82, 2.24) is 15.6 Å². The molecule has 3 rings (SSSR count). The van der Waals surface area contributed by atoms with E-state index in [9.17, 15) is 4.79 Å². The molecule has 2 aromatic rings. The molecule has 104 valence electrons. The fourth-order valence-electron chi connectivity index (χ4n) is 2.33. The Kier molecular flexibility index (Phi) is 4.08. The van der Waals surface area contributed by atoms with Crippen LogP contribution in [-0.2, 0) is 0 Å². The second-order valence-electron chi connectivity index (χ2n) is 4.92. The first-order valence-corrected chi connectivity index (χ1v) is 7.73. The molecule has 1 atom stereocenters. The summed E-state index contributed by atoms with van der Waals surface area (Å²) in [5.74, 6) is -0.0721. The highest BCUT2D eigenvalue weighted by Crippen LogP contribution is 2.23. The maximum atomic E-state index is 12.2. The van der Waals surface area contributed by atoms with Crippen molar-refractivity contribution in [3.63, 3.8) is 0 Å². The lowest BCUT2D eigenvalue weighted by Gasteiger charge is -2.23. The van der Waals surface area contributed by atoms with Crippen LogP contribution in [0.5, 0.6) is 0 Å². The van der Waals surface area contributed by atoms with Crippen LogP contribution >= 0.6 is 11.3 Å². The number of aromatic nitrogens is 1. The van der Waals surface area contributed by atoms with Crippen LogP contribution in [0.3, 0.4) is 0 Å². The van der Waals surface area contributed by atoms with Gasteiger partial charge >= 0.3 is 0 Å². The molecule has 1 aliphatic heterocycles. The van der Waals surface area contributed by atoms with Crippen molar-refractivity contribution in [1.29, 1.82) is 0 Å². The fraction of sp³-hybridized carbons (Fsp3) is 0.333. The summed E-state index contributed by atoms with van der Waals surface area (Å²) < 4.78 is 0. The van der Waals surface area contributed by atoms with Gasteiger partial charge in [-0.1, -0.05) is 30.3 Å². The molecule has 2 N–H and O–H groups in total. The average molecular weight is 287 g/mol. The molecule has 1 aliphatic rings. The van der Waals surface area contributed by atoms with Crippen molar-refractivity contribution in [3.8, 4) is 10.6 Å². The predicted octanol–water partition coefficient (Wildman–Crippen LogP) is 2.29. The van der Waals surface area contributed by atoms with Crippen molar-refractivity contribution in [3.05, 3.63) is 41.4 Å². The Morgan fingerprint density at radius 2 is 2.20 bits per heavy atom. The number of rotatable bonds is 3. The van der Waals surface area contributed by atoms with Gasteiger partial charge in [0.05, 0.1) is 0 Å². The first kappa shape index (κ1) is 13.3. The minimum atomic E-state index is -0.0721. The molecule has 0 saturated carbocycles. The third-order valence-corrected chi connectivity index (χ3v) is 4.28. The molecule has 0 unspecified atom stereocenters. The predicted molar refractivity (Wildman–Crippen MR) is 80.9 cm³/mol. The number of piperidine rings is 1. The number of nitrogens with one attached hydrogen (secondary N) is 2. The van der Waals surface area contributed by atoms with E-state index in [-0.39, 0.29) is 11.9 Å². The Labute approximate surface area is 122 Å². The van der Waals surface area contributed by atoms with E-state index in [1.54, 1.807) is 0 Å². The summed E-state index contributed by atoms with van der Waals surface area (Å²) in [6.07, 6.45) is 2.14. The monoisotopic (exact) mass is 287 g/mol. The van der Waals surface area contributed by atoms with Crippen LogP contribution in [0.4, 0.5) is 0 Å². The van der Waals surface area contributed by atoms with Gasteiger partial charge in [-0.2, -0.15) is 0 Å². The highest BCUT2D eigenvalue weighted by atomic mass is 32.1. The number of nitrogens with zero attached hydrogens (tertiary/aromatic N) is 1. The number of hydrogen-bond acceptors (Lipinski definition) is 4. The maximum Gasteiger partial charge on any atom is 0.271 e. The fourth-order valence-corrected chi connectivity index (χ4v) is 3.13. The van der Waals surface area contributed by atoms with Crippen LogP contribution in [0, 0.1) is 0 Å². The normalized spacial score (nSPS) is 18.7. The van der Waals surface area contributed by atoms with Crippen molar-refractivity contribution >= 4 is 17.2 Å². The van der Waals surface area contributed by atoms with Gasteiger partial charge in [0, 0.05) is 23.5 Å². The zero-order valence-electron chi connectivity index (χ0n) is 11.1. The van der Waals surface area contributed by atoms with Crippen molar-refractivity contribution < 1.29 is 4.79 Å². The lowest BCUT2D eigenvalue weighted by Crippen LogP contribution is -2.45. The van der Waals surface area contributed by atoms with Crippen LogP contribution in [0.1, 0.15) is 23.3 Å². The van der Waals surface area contributed by atoms with E-state index in [2.05, 4.69) is 15.6 Å². The SMILES string of the molecule is O=C(N[C@H]1CCCNC1)c1csc(-c2ccccc2)n1. The third-order valence-electron chi connectivity index (χ3n) is 3.39. The zero-order valence-corrected chi connectivity index (χ0v) is 12.0. The molecule has 0 aliphatic carbocycles. The minimum absolute atomic E-state index is 0.0721. The lowest BCUT2D eigenvalue weighted by molar-refractivity contribution is 0.0926. The first-order valence-electron chi connectivity index (χ1n) is 6.85. The molecule has 1 aromatic heterocycles. The van der Waals surface area contributed by atoms with Crippen LogP contribution < -0.4 is 10.6 Å². The number of thiazole rings is 1. The summed E-state index contributed by atoms with van der Waals surface area (Å²) in [5.41, 5.74) is 1.57. The quantitative estimate of drug-likeness (QED) is 0.910. The van der Waals surface area contributed by atoms with Gasteiger partial charge in [0.2, 0.25) is 0 Å². The van der Waals surface area contributed by atoms with Crippen LogP contribution in [-0.4, -0.2) is 30.0 Å². The van der Waals surface area contributed by atoms with E-state index >= 15 is 0 Å². The second-order valence-corrected chi connectivity index (χ2v) is 5.78. The molecule has 0 radical (unpaired) electrons. The van der Waals surface area contributed by atoms with Gasteiger partial charge in [-0.05, 0) is 19.4 Å². The van der Waals surface area contributed by atoms with Gasteiger partial charge < -0.3 is 10.6 Å². The summed E-state index contributed by atoms with van der Waals surface area (Å²) in [7, 11) is 0. The molecule has 0 spiro atoms. The number of carbonyl (C=O) groups excluding carboxylic acids is 1. The smallest absolute Gasteiger partial charge is 0.271 e. The largest absolute Gasteiger partial charge is 0.347 e. The molecule has 5 heteroatoms. The molecule has 20 heavy (non-hydrogen) atoms. The summed E-state index contributed by atoms with van der Waals surface area (Å²) in [6, 6.07) is 10.2. The molecular weight excluding hydrogens is 270 g/mol. The Balaban J connectivity index is 1.68. The van der Waals surface area contributed by atoms with Crippen LogP contribution in [0.2, 0.25) is 0 Å². The van der Waals surface area contributed by atoms with Crippen molar-refractivity contribution in [2.75, 3.05) is 13.1 Å². The molecule has 1 fully saturated rings. The standard InChI is InChI=1S/C15H17N3OS/c19-14(17-12-7-4-8-16-9-12)13-10-20-15(18-13)11-5-2-1-3-6-11/h1-3,5-6,10,12,16H,4,7-9H2,(H,17,19)/t12-/m0/s1. The number of benzene rings is 1. The van der Waals surface area contributed by atoms with Gasteiger partial charge in [-0.25, -0.2) is 4.98 Å². The van der Waals surface area contributed by atoms with Gasteiger partial charge in [0.25, 0.3) is 5.91 Å². The topological polar surface area (TPSA) is 54.0 Å². The summed E-state index contributed by atoms with van der Waals surface area (Å²) in [4.78, 5) is 16.6. The van der Waals surface area contributed by atoms with Gasteiger partial charge in [0.15, 0.2) is 0 Å². The Hall–Kier alpha value is -1.72.